The molecule has 98 valence electrons. The number of Topliss-reactive ketones (excluding diaryl/α,β-unsaturated/α-hetero) is 1. The first-order chi connectivity index (χ1) is 8.65. The molecule has 3 nitrogen and oxygen atoms in total. The summed E-state index contributed by atoms with van der Waals surface area (Å²) in [7, 11) is 1.39. The molecule has 0 saturated carbocycles. The molecule has 0 amide bonds. The highest BCUT2D eigenvalue weighted by Gasteiger charge is 2.15. The second-order valence-electron chi connectivity index (χ2n) is 3.92. The van der Waals surface area contributed by atoms with E-state index >= 15 is 0 Å². The predicted octanol–water partition coefficient (Wildman–Crippen LogP) is 2.94. The van der Waals surface area contributed by atoms with Crippen LogP contribution in [-0.4, -0.2) is 29.9 Å². The van der Waals surface area contributed by atoms with Crippen LogP contribution in [0.15, 0.2) is 30.3 Å². The van der Waals surface area contributed by atoms with Crippen molar-refractivity contribution in [2.45, 2.75) is 25.0 Å². The molecular formula is C14H18O3S. The summed E-state index contributed by atoms with van der Waals surface area (Å²) >= 11 is 1.57. The number of methoxy groups -OCH3 is 1. The number of hydrogen-bond acceptors (Lipinski definition) is 4. The molecule has 0 radical (unpaired) electrons. The molecule has 18 heavy (non-hydrogen) atoms. The van der Waals surface area contributed by atoms with Crippen LogP contribution in [0.1, 0.15) is 30.1 Å². The Bertz CT molecular complexity index is 389. The van der Waals surface area contributed by atoms with Crippen molar-refractivity contribution in [2.24, 2.45) is 0 Å². The molecule has 0 fully saturated rings. The Hall–Kier alpha value is -1.29. The van der Waals surface area contributed by atoms with Crippen LogP contribution < -0.4 is 0 Å². The summed E-state index contributed by atoms with van der Waals surface area (Å²) in [6.45, 7) is 1.90. The van der Waals surface area contributed by atoms with Gasteiger partial charge in [0.2, 0.25) is 0 Å². The van der Waals surface area contributed by atoms with Gasteiger partial charge in [0, 0.05) is 12.0 Å². The third-order valence-electron chi connectivity index (χ3n) is 2.55. The topological polar surface area (TPSA) is 43.4 Å². The van der Waals surface area contributed by atoms with Crippen LogP contribution in [0.5, 0.6) is 0 Å². The third-order valence-corrected chi connectivity index (χ3v) is 3.79. The maximum atomic E-state index is 12.0. The van der Waals surface area contributed by atoms with E-state index in [-0.39, 0.29) is 17.0 Å². The van der Waals surface area contributed by atoms with E-state index in [2.05, 4.69) is 4.74 Å². The number of benzene rings is 1. The van der Waals surface area contributed by atoms with Gasteiger partial charge in [0.05, 0.1) is 12.4 Å². The third kappa shape index (κ3) is 4.92. The second kappa shape index (κ2) is 7.93. The number of rotatable bonds is 7. The van der Waals surface area contributed by atoms with Crippen molar-refractivity contribution >= 4 is 23.5 Å². The number of thioether (sulfide) groups is 1. The number of carbonyl (C=O) groups is 2. The Morgan fingerprint density at radius 2 is 1.94 bits per heavy atom. The van der Waals surface area contributed by atoms with E-state index in [0.29, 0.717) is 6.42 Å². The van der Waals surface area contributed by atoms with E-state index < -0.39 is 0 Å². The fourth-order valence-corrected chi connectivity index (χ4v) is 2.44. The molecule has 0 aliphatic carbocycles. The molecular weight excluding hydrogens is 248 g/mol. The highest BCUT2D eigenvalue weighted by atomic mass is 32.2. The van der Waals surface area contributed by atoms with Crippen LogP contribution in [0.3, 0.4) is 0 Å². The summed E-state index contributed by atoms with van der Waals surface area (Å²) in [4.78, 5) is 22.9. The van der Waals surface area contributed by atoms with Crippen LogP contribution in [0.2, 0.25) is 0 Å². The van der Waals surface area contributed by atoms with Crippen molar-refractivity contribution in [2.75, 3.05) is 12.9 Å². The van der Waals surface area contributed by atoms with Gasteiger partial charge in [-0.15, -0.1) is 0 Å². The normalized spacial score (nSPS) is 11.9. The summed E-state index contributed by atoms with van der Waals surface area (Å²) in [6, 6.07) is 9.27. The zero-order valence-corrected chi connectivity index (χ0v) is 11.5. The Balaban J connectivity index is 2.31. The zero-order chi connectivity index (χ0) is 13.4. The quantitative estimate of drug-likeness (QED) is 0.432. The van der Waals surface area contributed by atoms with E-state index in [0.717, 1.165) is 17.7 Å². The van der Waals surface area contributed by atoms with Crippen LogP contribution in [0.25, 0.3) is 0 Å². The molecule has 0 aromatic heterocycles. The molecule has 0 heterocycles. The second-order valence-corrected chi connectivity index (χ2v) is 5.37. The summed E-state index contributed by atoms with van der Waals surface area (Å²) in [6.07, 6.45) is 1.15. The summed E-state index contributed by atoms with van der Waals surface area (Å²) in [5.41, 5.74) is 0.741. The molecule has 1 atom stereocenters. The summed E-state index contributed by atoms with van der Waals surface area (Å²) in [5.74, 6) is 0.728. The molecule has 1 aromatic rings. The summed E-state index contributed by atoms with van der Waals surface area (Å²) < 4.78 is 4.56. The van der Waals surface area contributed by atoms with Crippen LogP contribution in [0, 0.1) is 0 Å². The highest BCUT2D eigenvalue weighted by molar-refractivity contribution is 8.00. The Morgan fingerprint density at radius 3 is 2.56 bits per heavy atom. The average molecular weight is 266 g/mol. The van der Waals surface area contributed by atoms with Crippen molar-refractivity contribution in [3.63, 3.8) is 0 Å². The zero-order valence-electron chi connectivity index (χ0n) is 10.7. The van der Waals surface area contributed by atoms with Crippen LogP contribution >= 0.6 is 11.8 Å². The maximum absolute atomic E-state index is 12.0. The van der Waals surface area contributed by atoms with Gasteiger partial charge >= 0.3 is 5.97 Å². The van der Waals surface area contributed by atoms with Gasteiger partial charge in [-0.1, -0.05) is 30.3 Å². The molecule has 0 saturated heterocycles. The molecule has 0 spiro atoms. The van der Waals surface area contributed by atoms with Gasteiger partial charge in [0.1, 0.15) is 0 Å². The smallest absolute Gasteiger partial charge is 0.305 e. The van der Waals surface area contributed by atoms with Crippen molar-refractivity contribution in [1.82, 2.24) is 0 Å². The van der Waals surface area contributed by atoms with E-state index in [4.69, 9.17) is 0 Å². The molecule has 1 aromatic carbocycles. The standard InChI is InChI=1S/C14H18O3S/c1-11(18-10-6-9-13(15)17-2)14(16)12-7-4-3-5-8-12/h3-5,7-8,11H,6,9-10H2,1-2H3. The predicted molar refractivity (Wildman–Crippen MR) is 73.9 cm³/mol. The summed E-state index contributed by atoms with van der Waals surface area (Å²) in [5, 5.41) is -0.0787. The van der Waals surface area contributed by atoms with E-state index in [1.165, 1.54) is 7.11 Å². The van der Waals surface area contributed by atoms with Gasteiger partial charge in [0.15, 0.2) is 5.78 Å². The number of esters is 1. The number of carbonyl (C=O) groups excluding carboxylic acids is 2. The Morgan fingerprint density at radius 1 is 1.28 bits per heavy atom. The van der Waals surface area contributed by atoms with Gasteiger partial charge in [-0.2, -0.15) is 11.8 Å². The molecule has 1 rings (SSSR count). The van der Waals surface area contributed by atoms with Gasteiger partial charge in [-0.05, 0) is 19.1 Å². The molecule has 0 N–H and O–H groups in total. The average Bonchev–Trinajstić information content (AvgIpc) is 2.43. The van der Waals surface area contributed by atoms with Crippen LogP contribution in [0.4, 0.5) is 0 Å². The SMILES string of the molecule is COC(=O)CCCSC(C)C(=O)c1ccccc1. The van der Waals surface area contributed by atoms with Crippen molar-refractivity contribution in [3.8, 4) is 0 Å². The molecule has 0 bridgehead atoms. The first kappa shape index (κ1) is 14.8. The number of ether oxygens (including phenoxy) is 1. The maximum Gasteiger partial charge on any atom is 0.305 e. The van der Waals surface area contributed by atoms with E-state index in [9.17, 15) is 9.59 Å². The Labute approximate surface area is 112 Å². The minimum absolute atomic E-state index is 0.0787. The van der Waals surface area contributed by atoms with Gasteiger partial charge < -0.3 is 4.74 Å². The van der Waals surface area contributed by atoms with Crippen molar-refractivity contribution < 1.29 is 14.3 Å². The molecule has 1 unspecified atom stereocenters. The van der Waals surface area contributed by atoms with Gasteiger partial charge in [-0.25, -0.2) is 0 Å². The first-order valence-corrected chi connectivity index (χ1v) is 6.97. The van der Waals surface area contributed by atoms with Gasteiger partial charge in [0.25, 0.3) is 0 Å². The fraction of sp³-hybridized carbons (Fsp3) is 0.429. The largest absolute Gasteiger partial charge is 0.469 e. The molecule has 0 aliphatic heterocycles. The lowest BCUT2D eigenvalue weighted by Gasteiger charge is -2.09. The number of hydrogen-bond donors (Lipinski definition) is 0. The van der Waals surface area contributed by atoms with Crippen LogP contribution in [-0.2, 0) is 9.53 Å². The van der Waals surface area contributed by atoms with Gasteiger partial charge in [-0.3, -0.25) is 9.59 Å². The molecule has 4 heteroatoms. The Kier molecular flexibility index (Phi) is 6.50. The lowest BCUT2D eigenvalue weighted by molar-refractivity contribution is -0.140. The minimum atomic E-state index is -0.197. The fourth-order valence-electron chi connectivity index (χ4n) is 1.49. The van der Waals surface area contributed by atoms with Crippen molar-refractivity contribution in [3.05, 3.63) is 35.9 Å². The highest BCUT2D eigenvalue weighted by Crippen LogP contribution is 2.17. The van der Waals surface area contributed by atoms with E-state index in [1.807, 2.05) is 37.3 Å². The monoisotopic (exact) mass is 266 g/mol. The number of ketones is 1. The molecule has 0 aliphatic rings. The van der Waals surface area contributed by atoms with Crippen molar-refractivity contribution in [1.29, 1.82) is 0 Å². The lowest BCUT2D eigenvalue weighted by atomic mass is 10.1. The lowest BCUT2D eigenvalue weighted by Crippen LogP contribution is -2.14. The first-order valence-electron chi connectivity index (χ1n) is 5.93. The van der Waals surface area contributed by atoms with E-state index in [1.54, 1.807) is 11.8 Å². The minimum Gasteiger partial charge on any atom is -0.469 e.